The lowest BCUT2D eigenvalue weighted by molar-refractivity contribution is 0.0696. The van der Waals surface area contributed by atoms with Gasteiger partial charge in [-0.2, -0.15) is 0 Å². The van der Waals surface area contributed by atoms with Gasteiger partial charge in [0, 0.05) is 0 Å². The number of halogens is 1. The third kappa shape index (κ3) is 2.83. The van der Waals surface area contributed by atoms with Gasteiger partial charge in [-0.3, -0.25) is 0 Å². The molecule has 1 aromatic rings. The Bertz CT molecular complexity index is 332. The first kappa shape index (κ1) is 12.6. The van der Waals surface area contributed by atoms with Crippen LogP contribution in [0.3, 0.4) is 0 Å². The Morgan fingerprint density at radius 3 is 2.14 bits per heavy atom. The zero-order valence-corrected chi connectivity index (χ0v) is 8.89. The zero-order valence-electron chi connectivity index (χ0n) is 8.89. The van der Waals surface area contributed by atoms with Crippen LogP contribution in [0, 0.1) is 19.7 Å². The fraction of sp³-hybridized carbons (Fsp3) is 0.364. The number of rotatable bonds is 1. The monoisotopic (exact) mass is 198 g/mol. The first-order valence-corrected chi connectivity index (χ1v) is 4.52. The van der Waals surface area contributed by atoms with E-state index in [1.807, 2.05) is 13.8 Å². The molecule has 0 aliphatic carbocycles. The van der Waals surface area contributed by atoms with Crippen LogP contribution in [0.25, 0.3) is 0 Å². The minimum absolute atomic E-state index is 0.161. The highest BCUT2D eigenvalue weighted by Crippen LogP contribution is 2.14. The van der Waals surface area contributed by atoms with Gasteiger partial charge in [-0.1, -0.05) is 13.8 Å². The van der Waals surface area contributed by atoms with Crippen molar-refractivity contribution < 1.29 is 14.3 Å². The molecule has 2 nitrogen and oxygen atoms in total. The van der Waals surface area contributed by atoms with Gasteiger partial charge in [0.1, 0.15) is 5.82 Å². The van der Waals surface area contributed by atoms with Crippen molar-refractivity contribution in [3.8, 4) is 0 Å². The Hall–Kier alpha value is -1.38. The van der Waals surface area contributed by atoms with Gasteiger partial charge in [-0.25, -0.2) is 9.18 Å². The number of carboxylic acids is 1. The molecule has 0 spiro atoms. The second kappa shape index (κ2) is 5.37. The molecule has 0 aromatic heterocycles. The van der Waals surface area contributed by atoms with Crippen LogP contribution in [0.1, 0.15) is 35.3 Å². The van der Waals surface area contributed by atoms with Crippen LogP contribution >= 0.6 is 0 Å². The summed E-state index contributed by atoms with van der Waals surface area (Å²) in [6.07, 6.45) is 0. The number of hydrogen-bond donors (Lipinski definition) is 1. The Labute approximate surface area is 83.4 Å². The first-order chi connectivity index (χ1) is 6.52. The summed E-state index contributed by atoms with van der Waals surface area (Å²) in [5, 5.41) is 8.66. The molecule has 0 amide bonds. The Balaban J connectivity index is 0.000000791. The normalized spacial score (nSPS) is 8.93. The summed E-state index contributed by atoms with van der Waals surface area (Å²) >= 11 is 0. The largest absolute Gasteiger partial charge is 0.478 e. The molecule has 78 valence electrons. The number of hydrogen-bond acceptors (Lipinski definition) is 1. The number of aromatic carboxylic acids is 1. The van der Waals surface area contributed by atoms with E-state index in [1.165, 1.54) is 12.1 Å². The maximum atomic E-state index is 12.8. The van der Waals surface area contributed by atoms with Crippen LogP contribution in [-0.4, -0.2) is 11.1 Å². The van der Waals surface area contributed by atoms with Gasteiger partial charge in [0.05, 0.1) is 5.56 Å². The molecule has 14 heavy (non-hydrogen) atoms. The second-order valence-electron chi connectivity index (χ2n) is 2.72. The quantitative estimate of drug-likeness (QED) is 0.752. The van der Waals surface area contributed by atoms with Crippen LogP contribution in [0.15, 0.2) is 12.1 Å². The van der Waals surface area contributed by atoms with Crippen molar-refractivity contribution in [1.82, 2.24) is 0 Å². The third-order valence-electron chi connectivity index (χ3n) is 1.74. The lowest BCUT2D eigenvalue weighted by Crippen LogP contribution is -2.01. The molecule has 0 radical (unpaired) electrons. The average Bonchev–Trinajstić information content (AvgIpc) is 2.14. The van der Waals surface area contributed by atoms with E-state index in [-0.39, 0.29) is 11.4 Å². The number of carbonyl (C=O) groups is 1. The van der Waals surface area contributed by atoms with Gasteiger partial charge >= 0.3 is 5.97 Å². The molecule has 0 aliphatic heterocycles. The van der Waals surface area contributed by atoms with Gasteiger partial charge in [0.25, 0.3) is 0 Å². The second-order valence-corrected chi connectivity index (χ2v) is 2.72. The molecule has 1 aromatic carbocycles. The minimum atomic E-state index is -1.02. The van der Waals surface area contributed by atoms with E-state index in [1.54, 1.807) is 13.8 Å². The fourth-order valence-electron chi connectivity index (χ4n) is 1.01. The van der Waals surface area contributed by atoms with E-state index >= 15 is 0 Å². The van der Waals surface area contributed by atoms with E-state index in [0.717, 1.165) is 0 Å². The fourth-order valence-corrected chi connectivity index (χ4v) is 1.01. The summed E-state index contributed by atoms with van der Waals surface area (Å²) in [7, 11) is 0. The molecule has 0 saturated carbocycles. The van der Waals surface area contributed by atoms with Gasteiger partial charge in [-0.05, 0) is 37.1 Å². The van der Waals surface area contributed by atoms with Crippen LogP contribution in [0.5, 0.6) is 0 Å². The van der Waals surface area contributed by atoms with Gasteiger partial charge in [0.15, 0.2) is 0 Å². The predicted molar refractivity (Wildman–Crippen MR) is 54.2 cm³/mol. The Morgan fingerprint density at radius 1 is 1.21 bits per heavy atom. The zero-order chi connectivity index (χ0) is 11.3. The highest BCUT2D eigenvalue weighted by molar-refractivity contribution is 5.89. The van der Waals surface area contributed by atoms with Crippen molar-refractivity contribution in [2.24, 2.45) is 0 Å². The van der Waals surface area contributed by atoms with E-state index < -0.39 is 5.97 Å². The van der Waals surface area contributed by atoms with Crippen molar-refractivity contribution in [2.45, 2.75) is 27.7 Å². The number of aryl methyl sites for hydroxylation is 2. The highest BCUT2D eigenvalue weighted by Gasteiger charge is 2.09. The molecule has 0 heterocycles. The molecule has 0 bridgehead atoms. The van der Waals surface area contributed by atoms with E-state index in [0.29, 0.717) is 11.1 Å². The molecule has 0 aliphatic rings. The van der Waals surface area contributed by atoms with Crippen LogP contribution in [0.4, 0.5) is 4.39 Å². The van der Waals surface area contributed by atoms with Gasteiger partial charge in [0.2, 0.25) is 0 Å². The molecular weight excluding hydrogens is 183 g/mol. The molecule has 0 saturated heterocycles. The van der Waals surface area contributed by atoms with E-state index in [2.05, 4.69) is 0 Å². The summed E-state index contributed by atoms with van der Waals surface area (Å²) < 4.78 is 12.8. The molecule has 3 heteroatoms. The molecule has 1 rings (SSSR count). The van der Waals surface area contributed by atoms with Crippen molar-refractivity contribution >= 4 is 5.97 Å². The maximum absolute atomic E-state index is 12.8. The summed E-state index contributed by atoms with van der Waals surface area (Å²) in [6, 6.07) is 2.58. The lowest BCUT2D eigenvalue weighted by atomic mass is 10.1. The third-order valence-corrected chi connectivity index (χ3v) is 1.74. The van der Waals surface area contributed by atoms with Crippen LogP contribution in [-0.2, 0) is 0 Å². The molecule has 0 unspecified atom stereocenters. The smallest absolute Gasteiger partial charge is 0.335 e. The highest BCUT2D eigenvalue weighted by atomic mass is 19.1. The van der Waals surface area contributed by atoms with Gasteiger partial charge < -0.3 is 5.11 Å². The molecule has 0 fully saturated rings. The summed E-state index contributed by atoms with van der Waals surface area (Å²) in [5.41, 5.74) is 0.970. The molecule has 0 atom stereocenters. The van der Waals surface area contributed by atoms with E-state index in [4.69, 9.17) is 5.11 Å². The standard InChI is InChI=1S/C9H9FO2.C2H6/c1-5-4-8(10)6(2)3-7(5)9(11)12;1-2/h3-4H,1-2H3,(H,11,12);1-2H3. The first-order valence-electron chi connectivity index (χ1n) is 4.52. The summed E-state index contributed by atoms with van der Waals surface area (Å²) in [5.74, 6) is -1.38. The van der Waals surface area contributed by atoms with E-state index in [9.17, 15) is 9.18 Å². The van der Waals surface area contributed by atoms with Crippen LogP contribution in [0.2, 0.25) is 0 Å². The minimum Gasteiger partial charge on any atom is -0.478 e. The van der Waals surface area contributed by atoms with Crippen molar-refractivity contribution in [3.05, 3.63) is 34.6 Å². The predicted octanol–water partition coefficient (Wildman–Crippen LogP) is 3.17. The SMILES string of the molecule is CC.Cc1cc(C(=O)O)c(C)cc1F. The van der Waals surface area contributed by atoms with Crippen LogP contribution < -0.4 is 0 Å². The Morgan fingerprint density at radius 2 is 1.71 bits per heavy atom. The summed E-state index contributed by atoms with van der Waals surface area (Å²) in [4.78, 5) is 10.6. The Kier molecular flexibility index (Phi) is 4.84. The number of benzene rings is 1. The lowest BCUT2D eigenvalue weighted by Gasteiger charge is -2.02. The summed E-state index contributed by atoms with van der Waals surface area (Å²) in [6.45, 7) is 7.12. The topological polar surface area (TPSA) is 37.3 Å². The van der Waals surface area contributed by atoms with Crippen molar-refractivity contribution in [3.63, 3.8) is 0 Å². The molecule has 1 N–H and O–H groups in total. The van der Waals surface area contributed by atoms with Gasteiger partial charge in [-0.15, -0.1) is 0 Å². The molecular formula is C11H15FO2. The van der Waals surface area contributed by atoms with Crippen molar-refractivity contribution in [2.75, 3.05) is 0 Å². The van der Waals surface area contributed by atoms with Crippen molar-refractivity contribution in [1.29, 1.82) is 0 Å². The maximum Gasteiger partial charge on any atom is 0.335 e. The number of carboxylic acid groups (broad SMARTS) is 1. The average molecular weight is 198 g/mol.